The molecule has 2 aromatic rings. The topological polar surface area (TPSA) is 94.3 Å². The zero-order valence-corrected chi connectivity index (χ0v) is 14.2. The van der Waals surface area contributed by atoms with Crippen LogP contribution in [0, 0.1) is 0 Å². The second-order valence-electron chi connectivity index (χ2n) is 6.10. The van der Waals surface area contributed by atoms with E-state index in [0.717, 1.165) is 36.9 Å². The molecule has 1 N–H and O–H groups in total. The fourth-order valence-electron chi connectivity index (χ4n) is 3.21. The van der Waals surface area contributed by atoms with Gasteiger partial charge in [-0.15, -0.1) is 0 Å². The molecular weight excluding hydrogens is 322 g/mol. The fourth-order valence-corrected chi connectivity index (χ4v) is 3.21. The lowest BCUT2D eigenvalue weighted by atomic mass is 9.90. The van der Waals surface area contributed by atoms with Crippen molar-refractivity contribution < 1.29 is 14.6 Å². The Morgan fingerprint density at radius 1 is 1.36 bits per heavy atom. The van der Waals surface area contributed by atoms with Crippen LogP contribution in [0.15, 0.2) is 23.1 Å². The third-order valence-corrected chi connectivity index (χ3v) is 4.31. The van der Waals surface area contributed by atoms with E-state index in [4.69, 9.17) is 4.74 Å². The molecule has 0 saturated heterocycles. The van der Waals surface area contributed by atoms with Crippen molar-refractivity contribution in [2.45, 2.75) is 45.6 Å². The Morgan fingerprint density at radius 2 is 2.16 bits per heavy atom. The summed E-state index contributed by atoms with van der Waals surface area (Å²) >= 11 is 0. The SMILES string of the molecule is CC(=O)Oc1ncccc1Cc1c2c(nn(CCO)c1=O)CCCC2. The van der Waals surface area contributed by atoms with Crippen LogP contribution in [-0.2, 0) is 30.6 Å². The molecule has 25 heavy (non-hydrogen) atoms. The lowest BCUT2D eigenvalue weighted by molar-refractivity contribution is -0.132. The zero-order chi connectivity index (χ0) is 17.8. The van der Waals surface area contributed by atoms with E-state index in [1.165, 1.54) is 11.6 Å². The Labute approximate surface area is 145 Å². The van der Waals surface area contributed by atoms with Crippen molar-refractivity contribution >= 4 is 5.97 Å². The molecular formula is C18H21N3O4. The Kier molecular flexibility index (Phi) is 5.23. The number of nitrogens with zero attached hydrogens (tertiary/aromatic N) is 3. The van der Waals surface area contributed by atoms with Gasteiger partial charge >= 0.3 is 5.97 Å². The predicted molar refractivity (Wildman–Crippen MR) is 90.6 cm³/mol. The van der Waals surface area contributed by atoms with Gasteiger partial charge in [-0.2, -0.15) is 5.10 Å². The third-order valence-electron chi connectivity index (χ3n) is 4.31. The molecule has 1 aliphatic carbocycles. The van der Waals surface area contributed by atoms with Crippen LogP contribution in [-0.4, -0.2) is 32.4 Å². The van der Waals surface area contributed by atoms with Crippen molar-refractivity contribution in [3.8, 4) is 5.88 Å². The molecule has 0 bridgehead atoms. The van der Waals surface area contributed by atoms with Crippen molar-refractivity contribution in [3.63, 3.8) is 0 Å². The minimum Gasteiger partial charge on any atom is -0.407 e. The first kappa shape index (κ1) is 17.3. The maximum atomic E-state index is 12.8. The number of ether oxygens (including phenoxy) is 1. The molecule has 1 aliphatic rings. The van der Waals surface area contributed by atoms with Gasteiger partial charge in [-0.25, -0.2) is 9.67 Å². The van der Waals surface area contributed by atoms with Crippen LogP contribution in [0.2, 0.25) is 0 Å². The highest BCUT2D eigenvalue weighted by Crippen LogP contribution is 2.25. The summed E-state index contributed by atoms with van der Waals surface area (Å²) in [7, 11) is 0. The van der Waals surface area contributed by atoms with E-state index >= 15 is 0 Å². The minimum atomic E-state index is -0.450. The van der Waals surface area contributed by atoms with Gasteiger partial charge in [-0.05, 0) is 37.3 Å². The fraction of sp³-hybridized carbons (Fsp3) is 0.444. The van der Waals surface area contributed by atoms with Gasteiger partial charge in [0, 0.05) is 30.7 Å². The third kappa shape index (κ3) is 3.76. The highest BCUT2D eigenvalue weighted by atomic mass is 16.5. The van der Waals surface area contributed by atoms with Crippen LogP contribution in [0.4, 0.5) is 0 Å². The van der Waals surface area contributed by atoms with E-state index in [1.807, 2.05) is 0 Å². The number of fused-ring (bicyclic) bond motifs is 1. The Morgan fingerprint density at radius 3 is 2.92 bits per heavy atom. The number of aryl methyl sites for hydroxylation is 1. The van der Waals surface area contributed by atoms with Crippen LogP contribution < -0.4 is 10.3 Å². The first-order chi connectivity index (χ1) is 12.1. The van der Waals surface area contributed by atoms with E-state index in [1.54, 1.807) is 18.3 Å². The van der Waals surface area contributed by atoms with E-state index in [-0.39, 0.29) is 24.6 Å². The van der Waals surface area contributed by atoms with E-state index in [9.17, 15) is 14.7 Å². The van der Waals surface area contributed by atoms with Crippen molar-refractivity contribution in [3.05, 3.63) is 51.1 Å². The lowest BCUT2D eigenvalue weighted by Gasteiger charge is -2.20. The number of aliphatic hydroxyl groups excluding tert-OH is 1. The summed E-state index contributed by atoms with van der Waals surface area (Å²) in [6.07, 6.45) is 5.59. The normalized spacial score (nSPS) is 13.4. The lowest BCUT2D eigenvalue weighted by Crippen LogP contribution is -2.32. The molecule has 0 unspecified atom stereocenters. The Hall–Kier alpha value is -2.54. The second-order valence-corrected chi connectivity index (χ2v) is 6.10. The minimum absolute atomic E-state index is 0.142. The molecule has 132 valence electrons. The number of carbonyl (C=O) groups excluding carboxylic acids is 1. The molecule has 2 aromatic heterocycles. The van der Waals surface area contributed by atoms with Crippen LogP contribution in [0.25, 0.3) is 0 Å². The Bertz CT molecular complexity index is 845. The molecule has 0 radical (unpaired) electrons. The predicted octanol–water partition coefficient (Wildman–Crippen LogP) is 1.03. The monoisotopic (exact) mass is 343 g/mol. The maximum Gasteiger partial charge on any atom is 0.309 e. The number of aromatic nitrogens is 3. The molecule has 0 amide bonds. The maximum absolute atomic E-state index is 12.8. The van der Waals surface area contributed by atoms with Gasteiger partial charge in [-0.3, -0.25) is 9.59 Å². The summed E-state index contributed by atoms with van der Waals surface area (Å²) in [6.45, 7) is 1.35. The van der Waals surface area contributed by atoms with Crippen molar-refractivity contribution in [2.75, 3.05) is 6.61 Å². The molecule has 0 aliphatic heterocycles. The molecule has 7 nitrogen and oxygen atoms in total. The number of hydrogen-bond acceptors (Lipinski definition) is 6. The zero-order valence-electron chi connectivity index (χ0n) is 14.2. The summed E-state index contributed by atoms with van der Waals surface area (Å²) in [5.41, 5.74) is 3.05. The summed E-state index contributed by atoms with van der Waals surface area (Å²) in [5, 5.41) is 13.6. The highest BCUT2D eigenvalue weighted by Gasteiger charge is 2.21. The molecule has 3 rings (SSSR count). The van der Waals surface area contributed by atoms with Crippen LogP contribution in [0.3, 0.4) is 0 Å². The van der Waals surface area contributed by atoms with Crippen LogP contribution in [0.5, 0.6) is 5.88 Å². The van der Waals surface area contributed by atoms with E-state index in [0.29, 0.717) is 17.5 Å². The molecule has 0 fully saturated rings. The summed E-state index contributed by atoms with van der Waals surface area (Å²) in [5.74, 6) is -0.223. The smallest absolute Gasteiger partial charge is 0.309 e. The van der Waals surface area contributed by atoms with Gasteiger partial charge in [0.15, 0.2) is 0 Å². The summed E-state index contributed by atoms with van der Waals surface area (Å²) in [6, 6.07) is 3.55. The van der Waals surface area contributed by atoms with Crippen molar-refractivity contribution in [1.29, 1.82) is 0 Å². The number of esters is 1. The highest BCUT2D eigenvalue weighted by molar-refractivity contribution is 5.69. The average molecular weight is 343 g/mol. The summed E-state index contributed by atoms with van der Waals surface area (Å²) in [4.78, 5) is 28.2. The van der Waals surface area contributed by atoms with Gasteiger partial charge in [0.05, 0.1) is 18.8 Å². The van der Waals surface area contributed by atoms with Gasteiger partial charge in [-0.1, -0.05) is 6.07 Å². The molecule has 7 heteroatoms. The standard InChI is InChI=1S/C18H21N3O4/c1-12(23)25-17-13(5-4-8-19-17)11-15-14-6-2-3-7-16(14)20-21(9-10-22)18(15)24/h4-5,8,22H,2-3,6-7,9-11H2,1H3. The van der Waals surface area contributed by atoms with Gasteiger partial charge in [0.2, 0.25) is 5.88 Å². The van der Waals surface area contributed by atoms with E-state index < -0.39 is 5.97 Å². The van der Waals surface area contributed by atoms with Crippen LogP contribution >= 0.6 is 0 Å². The number of carbonyl (C=O) groups is 1. The molecule has 0 saturated carbocycles. The first-order valence-corrected chi connectivity index (χ1v) is 8.45. The van der Waals surface area contributed by atoms with Crippen molar-refractivity contribution in [1.82, 2.24) is 14.8 Å². The van der Waals surface area contributed by atoms with Crippen LogP contribution in [0.1, 0.15) is 42.1 Å². The summed E-state index contributed by atoms with van der Waals surface area (Å²) < 4.78 is 6.50. The second kappa shape index (κ2) is 7.57. The molecule has 0 aromatic carbocycles. The number of hydrogen-bond donors (Lipinski definition) is 1. The Balaban J connectivity index is 2.07. The number of rotatable bonds is 5. The number of pyridine rings is 1. The number of aliphatic hydroxyl groups is 1. The first-order valence-electron chi connectivity index (χ1n) is 8.45. The molecule has 0 spiro atoms. The quantitative estimate of drug-likeness (QED) is 0.815. The van der Waals surface area contributed by atoms with Gasteiger partial charge in [0.1, 0.15) is 0 Å². The molecule has 2 heterocycles. The van der Waals surface area contributed by atoms with Gasteiger partial charge in [0.25, 0.3) is 5.56 Å². The van der Waals surface area contributed by atoms with Gasteiger partial charge < -0.3 is 9.84 Å². The largest absolute Gasteiger partial charge is 0.407 e. The average Bonchev–Trinajstić information content (AvgIpc) is 2.59. The van der Waals surface area contributed by atoms with Crippen molar-refractivity contribution in [2.24, 2.45) is 0 Å². The molecule has 0 atom stereocenters. The van der Waals surface area contributed by atoms with E-state index in [2.05, 4.69) is 10.1 Å².